The first-order valence-electron chi connectivity index (χ1n) is 7.96. The number of carbonyl (C=O) groups excluding carboxylic acids is 1. The molecule has 0 fully saturated rings. The lowest BCUT2D eigenvalue weighted by Gasteiger charge is -2.10. The van der Waals surface area contributed by atoms with Gasteiger partial charge in [0.2, 0.25) is 0 Å². The summed E-state index contributed by atoms with van der Waals surface area (Å²) in [4.78, 5) is 12.3. The number of ether oxygens (including phenoxy) is 1. The molecule has 1 N–H and O–H groups in total. The van der Waals surface area contributed by atoms with Gasteiger partial charge in [0, 0.05) is 12.8 Å². The third-order valence-corrected chi connectivity index (χ3v) is 5.06. The quantitative estimate of drug-likeness (QED) is 0.719. The van der Waals surface area contributed by atoms with Crippen molar-refractivity contribution in [3.8, 4) is 0 Å². The van der Waals surface area contributed by atoms with E-state index in [2.05, 4.69) is 10.1 Å². The van der Waals surface area contributed by atoms with Crippen molar-refractivity contribution in [3.63, 3.8) is 0 Å². The lowest BCUT2D eigenvalue weighted by atomic mass is 10.1. The number of hydrogen-bond donors (Lipinski definition) is 1. The van der Waals surface area contributed by atoms with Gasteiger partial charge >= 0.3 is 6.18 Å². The third kappa shape index (κ3) is 6.81. The fraction of sp³-hybridized carbons (Fsp3) is 0.278. The molecule has 2 aromatic carbocycles. The van der Waals surface area contributed by atoms with Crippen LogP contribution in [0.1, 0.15) is 21.5 Å². The minimum atomic E-state index is -4.38. The van der Waals surface area contributed by atoms with Gasteiger partial charge in [0.05, 0.1) is 22.1 Å². The first kappa shape index (κ1) is 22.2. The van der Waals surface area contributed by atoms with Crippen LogP contribution < -0.4 is 5.32 Å². The van der Waals surface area contributed by atoms with Crippen LogP contribution in [0.2, 0.25) is 5.02 Å². The Morgan fingerprint density at radius 3 is 2.29 bits per heavy atom. The highest BCUT2D eigenvalue weighted by atomic mass is 35.5. The molecule has 0 aromatic heterocycles. The van der Waals surface area contributed by atoms with Gasteiger partial charge in [-0.3, -0.25) is 4.79 Å². The number of nitrogens with one attached hydrogen (secondary N) is 1. The van der Waals surface area contributed by atoms with E-state index in [0.29, 0.717) is 11.1 Å². The molecule has 0 atom stereocenters. The predicted octanol–water partition coefficient (Wildman–Crippen LogP) is 3.75. The Morgan fingerprint density at radius 1 is 1.11 bits per heavy atom. The van der Waals surface area contributed by atoms with Crippen LogP contribution in [-0.2, 0) is 27.7 Å². The highest BCUT2D eigenvalue weighted by Crippen LogP contribution is 2.21. The number of amides is 1. The number of alkyl halides is 3. The van der Waals surface area contributed by atoms with E-state index in [9.17, 15) is 26.4 Å². The summed E-state index contributed by atoms with van der Waals surface area (Å²) < 4.78 is 63.9. The zero-order valence-electron chi connectivity index (χ0n) is 14.7. The number of rotatable bonds is 7. The summed E-state index contributed by atoms with van der Waals surface area (Å²) in [5.41, 5.74) is 1.29. The molecule has 0 aliphatic heterocycles. The van der Waals surface area contributed by atoms with Crippen LogP contribution in [0.3, 0.4) is 0 Å². The summed E-state index contributed by atoms with van der Waals surface area (Å²) in [6, 6.07) is 10.3. The molecular weight excluding hydrogens is 419 g/mol. The fourth-order valence-electron chi connectivity index (χ4n) is 2.22. The van der Waals surface area contributed by atoms with Crippen molar-refractivity contribution in [2.24, 2.45) is 0 Å². The lowest BCUT2D eigenvalue weighted by molar-refractivity contribution is -0.176. The molecular formula is C18H17ClF3NO4S. The van der Waals surface area contributed by atoms with Gasteiger partial charge in [0.15, 0.2) is 9.84 Å². The van der Waals surface area contributed by atoms with Gasteiger partial charge in [0.25, 0.3) is 5.91 Å². The van der Waals surface area contributed by atoms with Crippen LogP contribution >= 0.6 is 11.6 Å². The van der Waals surface area contributed by atoms with Crippen molar-refractivity contribution in [1.29, 1.82) is 0 Å². The minimum Gasteiger partial charge on any atom is -0.367 e. The molecule has 0 aliphatic rings. The Morgan fingerprint density at radius 2 is 1.71 bits per heavy atom. The average molecular weight is 436 g/mol. The van der Waals surface area contributed by atoms with Gasteiger partial charge in [-0.15, -0.1) is 0 Å². The molecule has 0 unspecified atom stereocenters. The molecule has 2 aromatic rings. The monoisotopic (exact) mass is 435 g/mol. The Balaban J connectivity index is 1.96. The molecule has 0 radical (unpaired) electrons. The SMILES string of the molecule is CS(=O)(=O)c1ccc(Cl)c(C(=O)NCc2ccc(COCC(F)(F)F)cc2)c1. The topological polar surface area (TPSA) is 72.5 Å². The highest BCUT2D eigenvalue weighted by molar-refractivity contribution is 7.90. The van der Waals surface area contributed by atoms with Crippen molar-refractivity contribution in [3.05, 3.63) is 64.2 Å². The highest BCUT2D eigenvalue weighted by Gasteiger charge is 2.27. The molecule has 0 aliphatic carbocycles. The Bertz CT molecular complexity index is 944. The molecule has 0 heterocycles. The largest absolute Gasteiger partial charge is 0.411 e. The van der Waals surface area contributed by atoms with E-state index in [1.165, 1.54) is 18.2 Å². The van der Waals surface area contributed by atoms with Gasteiger partial charge < -0.3 is 10.1 Å². The second-order valence-corrected chi connectivity index (χ2v) is 8.44. The molecule has 28 heavy (non-hydrogen) atoms. The zero-order valence-corrected chi connectivity index (χ0v) is 16.3. The van der Waals surface area contributed by atoms with E-state index in [1.54, 1.807) is 24.3 Å². The number of carbonyl (C=O) groups is 1. The van der Waals surface area contributed by atoms with Crippen molar-refractivity contribution in [1.82, 2.24) is 5.32 Å². The third-order valence-electron chi connectivity index (χ3n) is 3.62. The summed E-state index contributed by atoms with van der Waals surface area (Å²) in [7, 11) is -3.49. The summed E-state index contributed by atoms with van der Waals surface area (Å²) in [6.45, 7) is -1.37. The molecule has 0 spiro atoms. The van der Waals surface area contributed by atoms with Crippen LogP contribution in [0.15, 0.2) is 47.4 Å². The van der Waals surface area contributed by atoms with Gasteiger partial charge in [0.1, 0.15) is 6.61 Å². The summed E-state index contributed by atoms with van der Waals surface area (Å²) >= 11 is 5.97. The van der Waals surface area contributed by atoms with E-state index >= 15 is 0 Å². The van der Waals surface area contributed by atoms with E-state index in [1.807, 2.05) is 0 Å². The van der Waals surface area contributed by atoms with E-state index in [0.717, 1.165) is 6.26 Å². The maximum Gasteiger partial charge on any atom is 0.411 e. The molecule has 0 bridgehead atoms. The fourth-order valence-corrected chi connectivity index (χ4v) is 3.08. The molecule has 1 amide bonds. The van der Waals surface area contributed by atoms with Crippen LogP contribution in [0.5, 0.6) is 0 Å². The van der Waals surface area contributed by atoms with Crippen LogP contribution in [0.4, 0.5) is 13.2 Å². The number of benzene rings is 2. The van der Waals surface area contributed by atoms with Crippen molar-refractivity contribution in [2.75, 3.05) is 12.9 Å². The minimum absolute atomic E-state index is 0.0229. The Labute approximate surface area is 165 Å². The summed E-state index contributed by atoms with van der Waals surface area (Å²) in [5, 5.41) is 2.73. The van der Waals surface area contributed by atoms with Gasteiger partial charge in [-0.25, -0.2) is 8.42 Å². The van der Waals surface area contributed by atoms with E-state index < -0.39 is 28.5 Å². The number of halogens is 4. The number of sulfone groups is 1. The molecule has 0 saturated heterocycles. The van der Waals surface area contributed by atoms with Crippen LogP contribution in [-0.4, -0.2) is 33.4 Å². The molecule has 2 rings (SSSR count). The number of hydrogen-bond acceptors (Lipinski definition) is 4. The van der Waals surface area contributed by atoms with Crippen molar-refractivity contribution < 1.29 is 31.1 Å². The van der Waals surface area contributed by atoms with Crippen molar-refractivity contribution in [2.45, 2.75) is 24.2 Å². The molecule has 152 valence electrons. The van der Waals surface area contributed by atoms with Crippen LogP contribution in [0.25, 0.3) is 0 Å². The van der Waals surface area contributed by atoms with E-state index in [-0.39, 0.29) is 28.6 Å². The Kier molecular flexibility index (Phi) is 7.08. The maximum absolute atomic E-state index is 12.3. The van der Waals surface area contributed by atoms with E-state index in [4.69, 9.17) is 11.6 Å². The first-order chi connectivity index (χ1) is 13.0. The van der Waals surface area contributed by atoms with Crippen LogP contribution in [0, 0.1) is 0 Å². The first-order valence-corrected chi connectivity index (χ1v) is 10.2. The smallest absolute Gasteiger partial charge is 0.367 e. The summed E-state index contributed by atoms with van der Waals surface area (Å²) in [5.74, 6) is -0.548. The second-order valence-electron chi connectivity index (χ2n) is 6.02. The zero-order chi connectivity index (χ0) is 20.9. The normalized spacial score (nSPS) is 12.0. The lowest BCUT2D eigenvalue weighted by Crippen LogP contribution is -2.23. The summed E-state index contributed by atoms with van der Waals surface area (Å²) in [6.07, 6.45) is -3.35. The standard InChI is InChI=1S/C18H17ClF3NO4S/c1-28(25,26)14-6-7-16(19)15(8-14)17(24)23-9-12-2-4-13(5-3-12)10-27-11-18(20,21)22/h2-8H,9-11H2,1H3,(H,23,24). The van der Waals surface area contributed by atoms with Gasteiger partial charge in [-0.2, -0.15) is 13.2 Å². The Hall–Kier alpha value is -2.10. The molecule has 5 nitrogen and oxygen atoms in total. The second kappa shape index (κ2) is 8.93. The van der Waals surface area contributed by atoms with Crippen molar-refractivity contribution >= 4 is 27.3 Å². The molecule has 0 saturated carbocycles. The van der Waals surface area contributed by atoms with Gasteiger partial charge in [-0.1, -0.05) is 35.9 Å². The van der Waals surface area contributed by atoms with Gasteiger partial charge in [-0.05, 0) is 29.3 Å². The average Bonchev–Trinajstić information content (AvgIpc) is 2.59. The molecule has 10 heteroatoms. The predicted molar refractivity (Wildman–Crippen MR) is 97.9 cm³/mol. The maximum atomic E-state index is 12.3.